The van der Waals surface area contributed by atoms with E-state index >= 15 is 0 Å². The summed E-state index contributed by atoms with van der Waals surface area (Å²) in [4.78, 5) is 27.1. The molecule has 0 saturated carbocycles. The maximum atomic E-state index is 11.6. The van der Waals surface area contributed by atoms with Crippen LogP contribution < -0.4 is 0 Å². The zero-order valence-corrected chi connectivity index (χ0v) is 16.1. The molecule has 0 N–H and O–H groups in total. The van der Waals surface area contributed by atoms with Gasteiger partial charge in [-0.25, -0.2) is 0 Å². The number of carbonyl (C=O) groups excluding carboxylic acids is 2. The summed E-state index contributed by atoms with van der Waals surface area (Å²) < 4.78 is 10.2. The van der Waals surface area contributed by atoms with Gasteiger partial charge in [0.05, 0.1) is 0 Å². The van der Waals surface area contributed by atoms with Crippen LogP contribution in [0.2, 0.25) is 15.8 Å². The van der Waals surface area contributed by atoms with Crippen LogP contribution in [-0.2, 0) is 18.9 Å². The second kappa shape index (κ2) is 9.20. The molecule has 7 heteroatoms. The Hall–Kier alpha value is -1.01. The predicted octanol–water partition coefficient (Wildman–Crippen LogP) is 2.21. The molecule has 0 amide bonds. The molecule has 5 nitrogen and oxygen atoms in total. The summed E-state index contributed by atoms with van der Waals surface area (Å²) in [7, 11) is 0.748. The molecule has 1 aliphatic rings. The Labute approximate surface area is 136 Å². The molecule has 1 heterocycles. The van der Waals surface area contributed by atoms with Crippen molar-refractivity contribution in [3.8, 4) is 0 Å². The van der Waals surface area contributed by atoms with E-state index < -0.39 is 32.3 Å². The van der Waals surface area contributed by atoms with Crippen LogP contribution in [0.15, 0.2) is 23.0 Å². The van der Waals surface area contributed by atoms with Gasteiger partial charge in [-0.2, -0.15) is 0 Å². The average Bonchev–Trinajstić information content (AvgIpc) is 2.46. The molecule has 0 aromatic rings. The van der Waals surface area contributed by atoms with Crippen molar-refractivity contribution in [1.29, 1.82) is 0 Å². The standard InChI is InChI=1S/C15H26BGeNO4/c1-5-17(6-2,7-3)11-9-8-10-16-21-14(19)12-18(4)13-15(20)22-16/h8-11H,5-7,12-13H2,1-4H3/b10-8-,11-9-. The molecule has 0 aliphatic carbocycles. The molecule has 0 bridgehead atoms. The van der Waals surface area contributed by atoms with Crippen molar-refractivity contribution in [2.45, 2.75) is 36.5 Å². The van der Waals surface area contributed by atoms with E-state index in [0.717, 1.165) is 0 Å². The van der Waals surface area contributed by atoms with Crippen molar-refractivity contribution in [3.05, 3.63) is 23.0 Å². The van der Waals surface area contributed by atoms with Crippen LogP contribution in [0, 0.1) is 0 Å². The van der Waals surface area contributed by atoms with Crippen LogP contribution in [0.25, 0.3) is 0 Å². The van der Waals surface area contributed by atoms with Gasteiger partial charge in [-0.05, 0) is 0 Å². The summed E-state index contributed by atoms with van der Waals surface area (Å²) in [6.45, 7) is 6.96. The number of hydrogen-bond donors (Lipinski definition) is 0. The molecule has 0 spiro atoms. The Morgan fingerprint density at radius 1 is 1.05 bits per heavy atom. The molecule has 0 radical (unpaired) electrons. The zero-order valence-electron chi connectivity index (χ0n) is 14.0. The Morgan fingerprint density at radius 2 is 1.55 bits per heavy atom. The van der Waals surface area contributed by atoms with E-state index in [1.54, 1.807) is 17.9 Å². The first-order valence-electron chi connectivity index (χ1n) is 7.88. The Kier molecular flexibility index (Phi) is 7.96. The van der Waals surface area contributed by atoms with Crippen molar-refractivity contribution in [2.75, 3.05) is 20.1 Å². The van der Waals surface area contributed by atoms with Crippen LogP contribution in [0.4, 0.5) is 0 Å². The minimum absolute atomic E-state index is 0.0925. The number of allylic oxidation sites excluding steroid dienone is 2. The first-order valence-corrected chi connectivity index (χ1v) is 13.5. The molecule has 1 rings (SSSR count). The summed E-state index contributed by atoms with van der Waals surface area (Å²) in [5, 5.41) is 3.78. The molecule has 0 aromatic heterocycles. The summed E-state index contributed by atoms with van der Waals surface area (Å²) in [6.07, 6.45) is 3.83. The van der Waals surface area contributed by atoms with Gasteiger partial charge in [0.1, 0.15) is 0 Å². The van der Waals surface area contributed by atoms with Gasteiger partial charge in [0.2, 0.25) is 0 Å². The fraction of sp³-hybridized carbons (Fsp3) is 0.600. The minimum atomic E-state index is -1.84. The first-order chi connectivity index (χ1) is 10.4. The predicted molar refractivity (Wildman–Crippen MR) is 90.9 cm³/mol. The van der Waals surface area contributed by atoms with Crippen molar-refractivity contribution in [2.24, 2.45) is 0 Å². The molecular formula is C15H26BGeNO4. The Morgan fingerprint density at radius 3 is 2.00 bits per heavy atom. The van der Waals surface area contributed by atoms with Gasteiger partial charge in [0, 0.05) is 0 Å². The van der Waals surface area contributed by atoms with E-state index in [2.05, 4.69) is 25.7 Å². The summed E-state index contributed by atoms with van der Waals surface area (Å²) in [6, 6.07) is 0. The third-order valence-corrected chi connectivity index (χ3v) is 15.0. The molecule has 22 heavy (non-hydrogen) atoms. The van der Waals surface area contributed by atoms with E-state index in [4.69, 9.17) is 9.31 Å². The van der Waals surface area contributed by atoms with E-state index in [-0.39, 0.29) is 13.1 Å². The second-order valence-electron chi connectivity index (χ2n) is 5.69. The third-order valence-electron chi connectivity index (χ3n) is 4.23. The molecule has 0 aromatic carbocycles. The van der Waals surface area contributed by atoms with Gasteiger partial charge in [-0.15, -0.1) is 0 Å². The number of rotatable bonds is 6. The van der Waals surface area contributed by atoms with E-state index in [0.29, 0.717) is 0 Å². The van der Waals surface area contributed by atoms with E-state index in [1.807, 2.05) is 12.2 Å². The molecular weight excluding hydrogens is 342 g/mol. The fourth-order valence-corrected chi connectivity index (χ4v) is 8.17. The van der Waals surface area contributed by atoms with Crippen LogP contribution in [0.5, 0.6) is 0 Å². The normalized spacial score (nSPS) is 18.5. The maximum absolute atomic E-state index is 11.6. The van der Waals surface area contributed by atoms with Gasteiger partial charge in [-0.3, -0.25) is 0 Å². The van der Waals surface area contributed by atoms with Gasteiger partial charge in [0.25, 0.3) is 0 Å². The summed E-state index contributed by atoms with van der Waals surface area (Å²) in [5.41, 5.74) is 0. The molecule has 1 aliphatic heterocycles. The summed E-state index contributed by atoms with van der Waals surface area (Å²) in [5.74, 6) is 0.832. The molecule has 1 fully saturated rings. The van der Waals surface area contributed by atoms with Crippen molar-refractivity contribution >= 4 is 32.3 Å². The average molecular weight is 368 g/mol. The van der Waals surface area contributed by atoms with Crippen LogP contribution in [0.3, 0.4) is 0 Å². The Bertz CT molecular complexity index is 421. The molecule has 122 valence electrons. The van der Waals surface area contributed by atoms with Crippen LogP contribution in [0.1, 0.15) is 20.8 Å². The number of nitrogens with zero attached hydrogens (tertiary/aromatic N) is 1. The third kappa shape index (κ3) is 6.00. The fourth-order valence-electron chi connectivity index (χ4n) is 2.45. The molecule has 1 saturated heterocycles. The summed E-state index contributed by atoms with van der Waals surface area (Å²) >= 11 is -1.84. The Balaban J connectivity index is 2.67. The van der Waals surface area contributed by atoms with E-state index in [1.165, 1.54) is 15.8 Å². The van der Waals surface area contributed by atoms with Crippen LogP contribution >= 0.6 is 0 Å². The van der Waals surface area contributed by atoms with Gasteiger partial charge < -0.3 is 0 Å². The van der Waals surface area contributed by atoms with Crippen molar-refractivity contribution in [3.63, 3.8) is 0 Å². The monoisotopic (exact) mass is 369 g/mol. The quantitative estimate of drug-likeness (QED) is 0.532. The van der Waals surface area contributed by atoms with Gasteiger partial charge >= 0.3 is 136 Å². The number of carbonyl (C=O) groups is 2. The SMILES string of the molecule is C[CH2][Ge](/[CH]=C\C=C/B1OC(=O)CN(C)CC(=O)O1)([CH2]C)[CH2]C. The number of hydrogen-bond acceptors (Lipinski definition) is 5. The van der Waals surface area contributed by atoms with Gasteiger partial charge in [0.15, 0.2) is 0 Å². The van der Waals surface area contributed by atoms with E-state index in [9.17, 15) is 9.59 Å². The second-order valence-corrected chi connectivity index (χ2v) is 16.6. The molecule has 0 atom stereocenters. The first kappa shape index (κ1) is 19.0. The number of likely N-dealkylation sites (N-methyl/N-ethyl adjacent to an activating group) is 1. The van der Waals surface area contributed by atoms with Crippen LogP contribution in [-0.4, -0.2) is 57.4 Å². The zero-order chi connectivity index (χ0) is 16.6. The molecule has 0 unspecified atom stereocenters. The van der Waals surface area contributed by atoms with Gasteiger partial charge in [-0.1, -0.05) is 0 Å². The topological polar surface area (TPSA) is 55.8 Å². The van der Waals surface area contributed by atoms with Crippen molar-refractivity contribution < 1.29 is 18.9 Å². The van der Waals surface area contributed by atoms with Crippen molar-refractivity contribution in [1.82, 2.24) is 4.90 Å².